The lowest BCUT2D eigenvalue weighted by atomic mass is 9.98. The topological polar surface area (TPSA) is 73.4 Å². The summed E-state index contributed by atoms with van der Waals surface area (Å²) in [6.07, 6.45) is 4.88. The van der Waals surface area contributed by atoms with Crippen LogP contribution in [0.4, 0.5) is 0 Å². The third-order valence-electron chi connectivity index (χ3n) is 5.57. The zero-order valence-electron chi connectivity index (χ0n) is 15.2. The summed E-state index contributed by atoms with van der Waals surface area (Å²) in [5.74, 6) is 1.47. The smallest absolute Gasteiger partial charge is 0.278 e. The number of nitrogens with two attached hydrogens (primary N) is 1. The number of hydrogen-bond acceptors (Lipinski definition) is 4. The largest absolute Gasteiger partial charge is 0.489 e. The highest BCUT2D eigenvalue weighted by molar-refractivity contribution is 5.95. The second kappa shape index (κ2) is 7.11. The van der Waals surface area contributed by atoms with E-state index in [1.165, 1.54) is 0 Å². The van der Waals surface area contributed by atoms with E-state index in [1.807, 2.05) is 42.2 Å². The first-order valence-electron chi connectivity index (χ1n) is 9.50. The van der Waals surface area contributed by atoms with Crippen molar-refractivity contribution in [3.8, 4) is 11.4 Å². The van der Waals surface area contributed by atoms with Crippen LogP contribution in [-0.2, 0) is 0 Å². The minimum atomic E-state index is -0.0487. The number of rotatable bonds is 5. The molecule has 1 saturated heterocycles. The van der Waals surface area contributed by atoms with Gasteiger partial charge in [-0.2, -0.15) is 5.10 Å². The predicted molar refractivity (Wildman–Crippen MR) is 99.4 cm³/mol. The average molecular weight is 354 g/mol. The fourth-order valence-corrected chi connectivity index (χ4v) is 4.16. The summed E-state index contributed by atoms with van der Waals surface area (Å²) in [5, 5.41) is 4.56. The quantitative estimate of drug-likeness (QED) is 0.895. The van der Waals surface area contributed by atoms with Gasteiger partial charge in [-0.25, -0.2) is 4.68 Å². The normalized spacial score (nSPS) is 24.7. The second-order valence-corrected chi connectivity index (χ2v) is 7.35. The number of likely N-dealkylation sites (tertiary alicyclic amines) is 1. The lowest BCUT2D eigenvalue weighted by molar-refractivity contribution is 0.0769. The third-order valence-corrected chi connectivity index (χ3v) is 5.57. The molecule has 1 aromatic heterocycles. The highest BCUT2D eigenvalue weighted by atomic mass is 16.5. The Bertz CT molecular complexity index is 773. The maximum Gasteiger partial charge on any atom is 0.278 e. The van der Waals surface area contributed by atoms with Gasteiger partial charge in [0.2, 0.25) is 0 Å². The van der Waals surface area contributed by atoms with Crippen LogP contribution in [0.2, 0.25) is 0 Å². The van der Waals surface area contributed by atoms with Gasteiger partial charge < -0.3 is 15.4 Å². The van der Waals surface area contributed by atoms with Crippen LogP contribution >= 0.6 is 0 Å². The average Bonchev–Trinajstić information content (AvgIpc) is 3.36. The summed E-state index contributed by atoms with van der Waals surface area (Å²) in [6.45, 7) is 4.13. The Hall–Kier alpha value is -2.34. The minimum absolute atomic E-state index is 0.0487. The molecular formula is C20H26N4O2. The molecule has 0 spiro atoms. The number of ether oxygens (including phenoxy) is 1. The van der Waals surface area contributed by atoms with Crippen LogP contribution in [0.3, 0.4) is 0 Å². The molecule has 1 amide bonds. The molecule has 2 N–H and O–H groups in total. The number of aromatic nitrogens is 2. The molecular weight excluding hydrogens is 328 g/mol. The molecule has 1 aromatic carbocycles. The fraction of sp³-hybridized carbons (Fsp3) is 0.500. The number of hydrogen-bond donors (Lipinski definition) is 1. The van der Waals surface area contributed by atoms with Crippen molar-refractivity contribution in [2.45, 2.75) is 32.2 Å². The van der Waals surface area contributed by atoms with Gasteiger partial charge in [-0.15, -0.1) is 0 Å². The molecule has 2 aliphatic rings. The molecule has 0 radical (unpaired) electrons. The van der Waals surface area contributed by atoms with Gasteiger partial charge in [-0.05, 0) is 43.2 Å². The van der Waals surface area contributed by atoms with E-state index in [2.05, 4.69) is 5.10 Å². The number of carbonyl (C=O) groups excluding carboxylic acids is 1. The number of para-hydroxylation sites is 1. The molecule has 1 aliphatic heterocycles. The Morgan fingerprint density at radius 3 is 2.81 bits per heavy atom. The van der Waals surface area contributed by atoms with E-state index >= 15 is 0 Å². The fourth-order valence-electron chi connectivity index (χ4n) is 4.16. The molecule has 2 aromatic rings. The number of nitrogens with zero attached hydrogens (tertiary/aromatic N) is 3. The van der Waals surface area contributed by atoms with Gasteiger partial charge >= 0.3 is 0 Å². The van der Waals surface area contributed by atoms with E-state index in [1.54, 1.807) is 10.9 Å². The van der Waals surface area contributed by atoms with Gasteiger partial charge in [-0.1, -0.05) is 25.1 Å². The molecule has 26 heavy (non-hydrogen) atoms. The van der Waals surface area contributed by atoms with Gasteiger partial charge in [0.15, 0.2) is 11.4 Å². The van der Waals surface area contributed by atoms with Crippen LogP contribution in [0.5, 0.6) is 5.75 Å². The van der Waals surface area contributed by atoms with Crippen LogP contribution in [0, 0.1) is 11.8 Å². The van der Waals surface area contributed by atoms with E-state index < -0.39 is 0 Å². The zero-order valence-corrected chi connectivity index (χ0v) is 15.2. The Kier molecular flexibility index (Phi) is 4.68. The monoisotopic (exact) mass is 354 g/mol. The Morgan fingerprint density at radius 1 is 1.27 bits per heavy atom. The minimum Gasteiger partial charge on any atom is -0.489 e. The lowest BCUT2D eigenvalue weighted by Crippen LogP contribution is -2.34. The van der Waals surface area contributed by atoms with Crippen molar-refractivity contribution >= 4 is 5.91 Å². The van der Waals surface area contributed by atoms with Crippen molar-refractivity contribution in [3.05, 3.63) is 42.2 Å². The van der Waals surface area contributed by atoms with Crippen molar-refractivity contribution in [1.29, 1.82) is 0 Å². The molecule has 6 nitrogen and oxygen atoms in total. The van der Waals surface area contributed by atoms with Crippen LogP contribution in [0.15, 0.2) is 36.5 Å². The van der Waals surface area contributed by atoms with Gasteiger partial charge in [0, 0.05) is 19.1 Å². The maximum atomic E-state index is 13.1. The SMILES string of the molecule is CCCOc1cn(-c2ccccc2)nc1C(=O)N1CC2CCC(N)C2C1. The van der Waals surface area contributed by atoms with E-state index in [0.717, 1.165) is 38.0 Å². The number of carbonyl (C=O) groups is 1. The van der Waals surface area contributed by atoms with Crippen molar-refractivity contribution in [3.63, 3.8) is 0 Å². The summed E-state index contributed by atoms with van der Waals surface area (Å²) < 4.78 is 7.55. The molecule has 1 saturated carbocycles. The van der Waals surface area contributed by atoms with Gasteiger partial charge in [0.1, 0.15) is 0 Å². The Balaban J connectivity index is 1.60. The molecule has 2 heterocycles. The second-order valence-electron chi connectivity index (χ2n) is 7.35. The summed E-state index contributed by atoms with van der Waals surface area (Å²) in [6, 6.07) is 10.0. The molecule has 0 bridgehead atoms. The first kappa shape index (κ1) is 17.1. The van der Waals surface area contributed by atoms with Crippen LogP contribution in [0.1, 0.15) is 36.7 Å². The summed E-state index contributed by atoms with van der Waals surface area (Å²) in [5.41, 5.74) is 7.52. The molecule has 4 rings (SSSR count). The van der Waals surface area contributed by atoms with Crippen molar-refractivity contribution in [1.82, 2.24) is 14.7 Å². The first-order chi connectivity index (χ1) is 12.7. The van der Waals surface area contributed by atoms with Gasteiger partial charge in [-0.3, -0.25) is 4.79 Å². The maximum absolute atomic E-state index is 13.1. The molecule has 2 fully saturated rings. The predicted octanol–water partition coefficient (Wildman–Crippen LogP) is 2.47. The summed E-state index contributed by atoms with van der Waals surface area (Å²) in [7, 11) is 0. The number of fused-ring (bicyclic) bond motifs is 1. The summed E-state index contributed by atoms with van der Waals surface area (Å²) >= 11 is 0. The van der Waals surface area contributed by atoms with Gasteiger partial charge in [0.05, 0.1) is 18.5 Å². The molecule has 3 unspecified atom stereocenters. The van der Waals surface area contributed by atoms with Crippen molar-refractivity contribution in [2.24, 2.45) is 17.6 Å². The van der Waals surface area contributed by atoms with E-state index in [-0.39, 0.29) is 11.9 Å². The van der Waals surface area contributed by atoms with E-state index in [4.69, 9.17) is 10.5 Å². The highest BCUT2D eigenvalue weighted by Gasteiger charge is 2.43. The Labute approximate surface area is 153 Å². The number of benzene rings is 1. The molecule has 3 atom stereocenters. The summed E-state index contributed by atoms with van der Waals surface area (Å²) in [4.78, 5) is 15.1. The lowest BCUT2D eigenvalue weighted by Gasteiger charge is -2.18. The zero-order chi connectivity index (χ0) is 18.1. The first-order valence-corrected chi connectivity index (χ1v) is 9.50. The van der Waals surface area contributed by atoms with Crippen molar-refractivity contribution in [2.75, 3.05) is 19.7 Å². The number of amides is 1. The van der Waals surface area contributed by atoms with Gasteiger partial charge in [0.25, 0.3) is 5.91 Å². The molecule has 6 heteroatoms. The third kappa shape index (κ3) is 3.09. The van der Waals surface area contributed by atoms with Crippen LogP contribution < -0.4 is 10.5 Å². The highest BCUT2D eigenvalue weighted by Crippen LogP contribution is 2.38. The standard InChI is InChI=1S/C20H26N4O2/c1-2-10-26-18-13-24(15-6-4-3-5-7-15)22-19(18)20(25)23-11-14-8-9-17(21)16(14)12-23/h3-7,13-14,16-17H,2,8-12,21H2,1H3. The molecule has 138 valence electrons. The van der Waals surface area contributed by atoms with Crippen molar-refractivity contribution < 1.29 is 9.53 Å². The van der Waals surface area contributed by atoms with Crippen LogP contribution in [-0.4, -0.2) is 46.3 Å². The molecule has 1 aliphatic carbocycles. The van der Waals surface area contributed by atoms with E-state index in [9.17, 15) is 4.79 Å². The van der Waals surface area contributed by atoms with E-state index in [0.29, 0.717) is 29.9 Å². The van der Waals surface area contributed by atoms with Crippen LogP contribution in [0.25, 0.3) is 5.69 Å². The Morgan fingerprint density at radius 2 is 2.08 bits per heavy atom.